The molecule has 13 nitrogen and oxygen atoms in total. The first-order chi connectivity index (χ1) is 19.5. The number of nitrogens with one attached hydrogen (secondary N) is 1. The van der Waals surface area contributed by atoms with Crippen LogP contribution in [-0.2, 0) is 9.84 Å². The summed E-state index contributed by atoms with van der Waals surface area (Å²) in [5.74, 6) is 0.149. The van der Waals surface area contributed by atoms with Crippen molar-refractivity contribution in [1.29, 1.82) is 0 Å². The minimum atomic E-state index is -3.75. The van der Waals surface area contributed by atoms with Gasteiger partial charge in [0.15, 0.2) is 15.5 Å². The Morgan fingerprint density at radius 3 is 2.56 bits per heavy atom. The van der Waals surface area contributed by atoms with Gasteiger partial charge >= 0.3 is 0 Å². The molecule has 2 atom stereocenters. The fourth-order valence-corrected chi connectivity index (χ4v) is 7.02. The van der Waals surface area contributed by atoms with E-state index >= 15 is 0 Å². The molecule has 1 aliphatic heterocycles. The molecule has 0 saturated carbocycles. The third kappa shape index (κ3) is 4.84. The van der Waals surface area contributed by atoms with E-state index in [2.05, 4.69) is 30.2 Å². The molecule has 0 aliphatic carbocycles. The summed E-state index contributed by atoms with van der Waals surface area (Å²) in [6.45, 7) is 5.99. The first-order valence-corrected chi connectivity index (χ1v) is 15.7. The Balaban J connectivity index is 1.37. The molecule has 0 unspecified atom stereocenters. The predicted molar refractivity (Wildman–Crippen MR) is 153 cm³/mol. The maximum atomic E-state index is 13.0. The van der Waals surface area contributed by atoms with E-state index in [0.29, 0.717) is 42.1 Å². The molecule has 1 amide bonds. The number of carbonyl (C=O) groups excluding carboxylic acids is 1. The van der Waals surface area contributed by atoms with Crippen LogP contribution in [0.5, 0.6) is 0 Å². The van der Waals surface area contributed by atoms with E-state index in [1.165, 1.54) is 4.52 Å². The van der Waals surface area contributed by atoms with Gasteiger partial charge in [0.1, 0.15) is 16.5 Å². The number of aromatic nitrogens is 8. The van der Waals surface area contributed by atoms with E-state index in [4.69, 9.17) is 10.7 Å². The molecule has 5 aromatic rings. The number of nitrogen functional groups attached to an aromatic ring is 1. The Morgan fingerprint density at radius 2 is 1.95 bits per heavy atom. The number of nitrogens with two attached hydrogens (primary N) is 1. The zero-order valence-corrected chi connectivity index (χ0v) is 24.5. The summed E-state index contributed by atoms with van der Waals surface area (Å²) in [5.41, 5.74) is 10.3. The van der Waals surface area contributed by atoms with E-state index in [-0.39, 0.29) is 34.4 Å². The van der Waals surface area contributed by atoms with E-state index < -0.39 is 9.84 Å². The van der Waals surface area contributed by atoms with Gasteiger partial charge in [-0.1, -0.05) is 6.07 Å². The Labute approximate surface area is 239 Å². The van der Waals surface area contributed by atoms with Crippen molar-refractivity contribution >= 4 is 38.5 Å². The molecule has 0 aromatic carbocycles. The van der Waals surface area contributed by atoms with Gasteiger partial charge in [-0.3, -0.25) is 14.9 Å². The number of aromatic amines is 1. The van der Waals surface area contributed by atoms with Crippen molar-refractivity contribution < 1.29 is 13.2 Å². The third-order valence-electron chi connectivity index (χ3n) is 7.30. The Morgan fingerprint density at radius 1 is 1.15 bits per heavy atom. The average Bonchev–Trinajstić information content (AvgIpc) is 3.67. The normalized spacial score (nSPS) is 17.8. The highest BCUT2D eigenvalue weighted by Gasteiger charge is 2.36. The zero-order valence-electron chi connectivity index (χ0n) is 22.9. The number of pyridine rings is 1. The van der Waals surface area contributed by atoms with Crippen molar-refractivity contribution in [2.45, 2.75) is 50.5 Å². The second-order valence-electron chi connectivity index (χ2n) is 10.3. The molecule has 41 heavy (non-hydrogen) atoms. The third-order valence-corrected chi connectivity index (χ3v) is 9.24. The lowest BCUT2D eigenvalue weighted by molar-refractivity contribution is 0.0601. The largest absolute Gasteiger partial charge is 0.382 e. The molecule has 15 heteroatoms. The Kier molecular flexibility index (Phi) is 6.57. The van der Waals surface area contributed by atoms with Crippen LogP contribution >= 0.6 is 11.3 Å². The molecule has 212 valence electrons. The van der Waals surface area contributed by atoms with Crippen LogP contribution < -0.4 is 5.73 Å². The first-order valence-electron chi connectivity index (χ1n) is 13.0. The fraction of sp³-hybridized carbons (Fsp3) is 0.346. The van der Waals surface area contributed by atoms with Crippen molar-refractivity contribution in [2.24, 2.45) is 0 Å². The number of rotatable bonds is 5. The SMILES string of the molecule is Cc1nc(C(=O)N2CC[C@@H](c3nc4c(-c5ccc(-c6csc(C)n6)nc5)cnn4c(N)c3S(C)(=O)=O)C[C@@H]2C)n[nH]1. The number of amides is 1. The summed E-state index contributed by atoms with van der Waals surface area (Å²) >= 11 is 1.56. The number of fused-ring (bicyclic) bond motifs is 1. The summed E-state index contributed by atoms with van der Waals surface area (Å²) < 4.78 is 27.3. The predicted octanol–water partition coefficient (Wildman–Crippen LogP) is 3.04. The summed E-state index contributed by atoms with van der Waals surface area (Å²) in [5, 5.41) is 14.0. The molecule has 1 aliphatic rings. The van der Waals surface area contributed by atoms with E-state index in [1.54, 1.807) is 35.6 Å². The van der Waals surface area contributed by atoms with Crippen LogP contribution in [0.25, 0.3) is 28.2 Å². The molecule has 0 radical (unpaired) electrons. The summed E-state index contributed by atoms with van der Waals surface area (Å²) in [6, 6.07) is 3.58. The zero-order chi connectivity index (χ0) is 29.1. The number of anilines is 1. The number of carbonyl (C=O) groups is 1. The minimum absolute atomic E-state index is 0.00337. The van der Waals surface area contributed by atoms with Crippen LogP contribution in [0, 0.1) is 13.8 Å². The van der Waals surface area contributed by atoms with E-state index in [9.17, 15) is 13.2 Å². The minimum Gasteiger partial charge on any atom is -0.382 e. The van der Waals surface area contributed by atoms with Crippen LogP contribution in [-0.4, -0.2) is 77.8 Å². The highest BCUT2D eigenvalue weighted by Crippen LogP contribution is 2.38. The number of hydrogen-bond acceptors (Lipinski definition) is 11. The number of hydrogen-bond donors (Lipinski definition) is 2. The molecular formula is C26H28N10O3S2. The Hall–Kier alpha value is -4.24. The number of piperidine rings is 1. The lowest BCUT2D eigenvalue weighted by Crippen LogP contribution is -2.44. The second-order valence-corrected chi connectivity index (χ2v) is 13.3. The summed E-state index contributed by atoms with van der Waals surface area (Å²) in [4.78, 5) is 32.8. The van der Waals surface area contributed by atoms with Gasteiger partial charge in [0.05, 0.1) is 28.3 Å². The van der Waals surface area contributed by atoms with Gasteiger partial charge < -0.3 is 10.6 Å². The van der Waals surface area contributed by atoms with Gasteiger partial charge in [-0.05, 0) is 39.7 Å². The van der Waals surface area contributed by atoms with Crippen molar-refractivity contribution in [3.8, 4) is 22.5 Å². The average molecular weight is 593 g/mol. The standard InChI is InChI=1S/C26H28N10O3S2/c1-13-9-16(7-8-35(13)26(37)24-30-14(2)33-34-24)21-22(41(4,38)39)23(27)36-25(32-21)18(11-29-36)17-5-6-19(28-10-17)20-12-40-15(3)31-20/h5-6,10-13,16H,7-9,27H2,1-4H3,(H,30,33,34)/t13-,16+/m0/s1. The number of H-pyrrole nitrogens is 1. The van der Waals surface area contributed by atoms with Crippen LogP contribution in [0.1, 0.15) is 52.8 Å². The lowest BCUT2D eigenvalue weighted by atomic mass is 9.88. The highest BCUT2D eigenvalue weighted by molar-refractivity contribution is 7.91. The monoisotopic (exact) mass is 592 g/mol. The van der Waals surface area contributed by atoms with Crippen molar-refractivity contribution in [2.75, 3.05) is 18.5 Å². The Bertz CT molecular complexity index is 1890. The highest BCUT2D eigenvalue weighted by atomic mass is 32.2. The summed E-state index contributed by atoms with van der Waals surface area (Å²) in [6.07, 6.45) is 5.45. The molecule has 3 N–H and O–H groups in total. The van der Waals surface area contributed by atoms with Gasteiger partial charge in [0.25, 0.3) is 5.91 Å². The topological polar surface area (TPSA) is 178 Å². The maximum absolute atomic E-state index is 13.0. The van der Waals surface area contributed by atoms with Crippen molar-refractivity contribution in [3.05, 3.63) is 52.3 Å². The molecule has 5 aromatic heterocycles. The molecule has 0 spiro atoms. The number of sulfone groups is 1. The van der Waals surface area contributed by atoms with Crippen LogP contribution in [0.4, 0.5) is 5.82 Å². The van der Waals surface area contributed by atoms with Crippen LogP contribution in [0.3, 0.4) is 0 Å². The van der Waals surface area contributed by atoms with Gasteiger partial charge in [0, 0.05) is 47.5 Å². The number of nitrogens with zero attached hydrogens (tertiary/aromatic N) is 8. The first kappa shape index (κ1) is 27.0. The van der Waals surface area contributed by atoms with Crippen molar-refractivity contribution in [3.63, 3.8) is 0 Å². The second kappa shape index (κ2) is 9.99. The number of likely N-dealkylation sites (tertiary alicyclic amines) is 1. The quantitative estimate of drug-likeness (QED) is 0.308. The number of thiazole rings is 1. The fourth-order valence-electron chi connectivity index (χ4n) is 5.35. The lowest BCUT2D eigenvalue weighted by Gasteiger charge is -2.37. The molecule has 0 bridgehead atoms. The maximum Gasteiger partial charge on any atom is 0.293 e. The van der Waals surface area contributed by atoms with Gasteiger partial charge in [-0.25, -0.2) is 23.4 Å². The van der Waals surface area contributed by atoms with E-state index in [0.717, 1.165) is 28.2 Å². The molecular weight excluding hydrogens is 564 g/mol. The molecule has 6 heterocycles. The summed E-state index contributed by atoms with van der Waals surface area (Å²) in [7, 11) is -3.75. The molecule has 1 fully saturated rings. The molecule has 6 rings (SSSR count). The van der Waals surface area contributed by atoms with Crippen molar-refractivity contribution in [1.82, 2.24) is 44.6 Å². The number of aryl methyl sites for hydroxylation is 2. The molecule has 1 saturated heterocycles. The van der Waals surface area contributed by atoms with Gasteiger partial charge in [-0.15, -0.1) is 16.4 Å². The van der Waals surface area contributed by atoms with Gasteiger partial charge in [-0.2, -0.15) is 9.61 Å². The van der Waals surface area contributed by atoms with Crippen LogP contribution in [0.15, 0.2) is 34.8 Å². The van der Waals surface area contributed by atoms with Gasteiger partial charge in [0.2, 0.25) is 5.82 Å². The smallest absolute Gasteiger partial charge is 0.293 e. The van der Waals surface area contributed by atoms with E-state index in [1.807, 2.05) is 31.4 Å². The van der Waals surface area contributed by atoms with Crippen LogP contribution in [0.2, 0.25) is 0 Å².